The van der Waals surface area contributed by atoms with Crippen molar-refractivity contribution < 1.29 is 0 Å². The van der Waals surface area contributed by atoms with Crippen molar-refractivity contribution in [2.75, 3.05) is 0 Å². The molecule has 0 bridgehead atoms. The first-order valence-corrected chi connectivity index (χ1v) is 6.38. The van der Waals surface area contributed by atoms with Crippen molar-refractivity contribution in [1.82, 2.24) is 9.97 Å². The average molecular weight is 251 g/mol. The van der Waals surface area contributed by atoms with Crippen LogP contribution in [-0.2, 0) is 0 Å². The second kappa shape index (κ2) is 5.19. The highest BCUT2D eigenvalue weighted by Gasteiger charge is 2.09. The highest BCUT2D eigenvalue weighted by molar-refractivity contribution is 5.65. The number of aromatic nitrogens is 2. The molecule has 1 aromatic heterocycles. The lowest BCUT2D eigenvalue weighted by Gasteiger charge is -2.11. The van der Waals surface area contributed by atoms with Crippen LogP contribution in [-0.4, -0.2) is 9.97 Å². The van der Waals surface area contributed by atoms with Gasteiger partial charge in [0.05, 0.1) is 5.69 Å². The molecule has 2 aromatic rings. The summed E-state index contributed by atoms with van der Waals surface area (Å²) in [5.74, 6) is 0.696. The number of benzene rings is 1. The van der Waals surface area contributed by atoms with E-state index >= 15 is 0 Å². The van der Waals surface area contributed by atoms with Gasteiger partial charge >= 0.3 is 0 Å². The molecule has 0 amide bonds. The van der Waals surface area contributed by atoms with Crippen LogP contribution in [0.3, 0.4) is 0 Å². The number of nitriles is 1. The van der Waals surface area contributed by atoms with Crippen LogP contribution >= 0.6 is 0 Å². The van der Waals surface area contributed by atoms with Gasteiger partial charge in [0.2, 0.25) is 5.82 Å². The number of hydrogen-bond donors (Lipinski definition) is 0. The van der Waals surface area contributed by atoms with Crippen molar-refractivity contribution in [2.24, 2.45) is 0 Å². The number of hydrogen-bond acceptors (Lipinski definition) is 3. The normalized spacial score (nSPS) is 10.5. The Balaban J connectivity index is 2.61. The minimum absolute atomic E-state index is 0.226. The van der Waals surface area contributed by atoms with E-state index < -0.39 is 0 Å². The molecular formula is C16H17N3. The minimum Gasteiger partial charge on any atom is -0.224 e. The summed E-state index contributed by atoms with van der Waals surface area (Å²) in [6.07, 6.45) is 0. The third kappa shape index (κ3) is 2.79. The molecule has 3 nitrogen and oxygen atoms in total. The quantitative estimate of drug-likeness (QED) is 0.816. The molecule has 19 heavy (non-hydrogen) atoms. The molecule has 3 heteroatoms. The van der Waals surface area contributed by atoms with Crippen LogP contribution in [0.5, 0.6) is 0 Å². The van der Waals surface area contributed by atoms with Gasteiger partial charge in [-0.1, -0.05) is 26.0 Å². The summed E-state index contributed by atoms with van der Waals surface area (Å²) in [5.41, 5.74) is 5.15. The molecule has 0 aliphatic rings. The molecule has 96 valence electrons. The van der Waals surface area contributed by atoms with Gasteiger partial charge in [-0.25, -0.2) is 9.97 Å². The van der Waals surface area contributed by atoms with Crippen LogP contribution in [0.4, 0.5) is 0 Å². The summed E-state index contributed by atoms with van der Waals surface area (Å²) in [6, 6.07) is 10.3. The van der Waals surface area contributed by atoms with Crippen molar-refractivity contribution in [3.05, 3.63) is 46.9 Å². The lowest BCUT2D eigenvalue weighted by Crippen LogP contribution is -1.97. The summed E-state index contributed by atoms with van der Waals surface area (Å²) in [4.78, 5) is 8.40. The summed E-state index contributed by atoms with van der Waals surface area (Å²) < 4.78 is 0. The lowest BCUT2D eigenvalue weighted by molar-refractivity contribution is 0.866. The van der Waals surface area contributed by atoms with Crippen molar-refractivity contribution in [3.63, 3.8) is 0 Å². The van der Waals surface area contributed by atoms with E-state index in [0.29, 0.717) is 5.92 Å². The smallest absolute Gasteiger partial charge is 0.224 e. The molecule has 0 N–H and O–H groups in total. The highest BCUT2D eigenvalue weighted by Crippen LogP contribution is 2.26. The lowest BCUT2D eigenvalue weighted by atomic mass is 9.96. The zero-order valence-electron chi connectivity index (χ0n) is 11.7. The number of nitrogens with zero attached hydrogens (tertiary/aromatic N) is 3. The molecule has 2 rings (SSSR count). The summed E-state index contributed by atoms with van der Waals surface area (Å²) >= 11 is 0. The Kier molecular flexibility index (Phi) is 3.62. The first-order valence-electron chi connectivity index (χ1n) is 6.38. The molecule has 0 aliphatic heterocycles. The SMILES string of the molecule is Cc1cc(-c2cc(C(C)C)ccc2C)nc(C#N)n1. The monoisotopic (exact) mass is 251 g/mol. The number of aryl methyl sites for hydroxylation is 2. The maximum atomic E-state index is 8.97. The van der Waals surface area contributed by atoms with Gasteiger partial charge in [-0.15, -0.1) is 0 Å². The summed E-state index contributed by atoms with van der Waals surface area (Å²) in [5, 5.41) is 8.97. The Hall–Kier alpha value is -2.21. The third-order valence-electron chi connectivity index (χ3n) is 3.16. The molecule has 0 atom stereocenters. The van der Waals surface area contributed by atoms with E-state index in [1.165, 1.54) is 5.56 Å². The Labute approximate surface area is 114 Å². The van der Waals surface area contributed by atoms with Gasteiger partial charge in [0.25, 0.3) is 0 Å². The van der Waals surface area contributed by atoms with Crippen LogP contribution in [0.2, 0.25) is 0 Å². The second-order valence-electron chi connectivity index (χ2n) is 5.06. The van der Waals surface area contributed by atoms with Gasteiger partial charge in [0.15, 0.2) is 0 Å². The van der Waals surface area contributed by atoms with E-state index in [1.54, 1.807) is 0 Å². The molecular weight excluding hydrogens is 234 g/mol. The fourth-order valence-electron chi connectivity index (χ4n) is 2.03. The van der Waals surface area contributed by atoms with E-state index in [9.17, 15) is 0 Å². The Morgan fingerprint density at radius 2 is 1.84 bits per heavy atom. The largest absolute Gasteiger partial charge is 0.232 e. The van der Waals surface area contributed by atoms with Crippen molar-refractivity contribution in [1.29, 1.82) is 5.26 Å². The predicted octanol–water partition coefficient (Wildman–Crippen LogP) is 3.76. The fraction of sp³-hybridized carbons (Fsp3) is 0.312. The Bertz CT molecular complexity index is 652. The molecule has 0 saturated carbocycles. The van der Waals surface area contributed by atoms with E-state index in [0.717, 1.165) is 22.5 Å². The molecule has 1 heterocycles. The van der Waals surface area contributed by atoms with Crippen molar-refractivity contribution in [3.8, 4) is 17.3 Å². The molecule has 0 spiro atoms. The number of rotatable bonds is 2. The van der Waals surface area contributed by atoms with Gasteiger partial charge in [0.1, 0.15) is 6.07 Å². The first kappa shape index (κ1) is 13.2. The fourth-order valence-corrected chi connectivity index (χ4v) is 2.03. The second-order valence-corrected chi connectivity index (χ2v) is 5.06. The first-order chi connectivity index (χ1) is 9.01. The average Bonchev–Trinajstić information content (AvgIpc) is 2.38. The van der Waals surface area contributed by atoms with E-state index in [2.05, 4.69) is 48.9 Å². The zero-order chi connectivity index (χ0) is 14.0. The zero-order valence-corrected chi connectivity index (χ0v) is 11.7. The van der Waals surface area contributed by atoms with E-state index in [1.807, 2.05) is 19.1 Å². The van der Waals surface area contributed by atoms with Gasteiger partial charge in [-0.05, 0) is 43.0 Å². The van der Waals surface area contributed by atoms with Gasteiger partial charge in [0, 0.05) is 11.3 Å². The highest BCUT2D eigenvalue weighted by atomic mass is 14.9. The van der Waals surface area contributed by atoms with E-state index in [-0.39, 0.29) is 5.82 Å². The molecule has 0 aliphatic carbocycles. The predicted molar refractivity (Wildman–Crippen MR) is 75.7 cm³/mol. The Morgan fingerprint density at radius 1 is 1.11 bits per heavy atom. The maximum Gasteiger partial charge on any atom is 0.232 e. The van der Waals surface area contributed by atoms with Gasteiger partial charge in [-0.2, -0.15) is 5.26 Å². The van der Waals surface area contributed by atoms with E-state index in [4.69, 9.17) is 5.26 Å². The van der Waals surface area contributed by atoms with Gasteiger partial charge in [-0.3, -0.25) is 0 Å². The van der Waals surface area contributed by atoms with Crippen LogP contribution < -0.4 is 0 Å². The van der Waals surface area contributed by atoms with Crippen LogP contribution in [0, 0.1) is 25.2 Å². The van der Waals surface area contributed by atoms with Crippen molar-refractivity contribution >= 4 is 0 Å². The molecule has 0 unspecified atom stereocenters. The maximum absolute atomic E-state index is 8.97. The summed E-state index contributed by atoms with van der Waals surface area (Å²) in [6.45, 7) is 8.28. The molecule has 0 fully saturated rings. The minimum atomic E-state index is 0.226. The topological polar surface area (TPSA) is 49.6 Å². The van der Waals surface area contributed by atoms with Crippen LogP contribution in [0.15, 0.2) is 24.3 Å². The Morgan fingerprint density at radius 3 is 2.47 bits per heavy atom. The molecule has 0 radical (unpaired) electrons. The standard InChI is InChI=1S/C16H17N3/c1-10(2)13-6-5-11(3)14(8-13)15-7-12(4)18-16(9-17)19-15/h5-8,10H,1-4H3. The summed E-state index contributed by atoms with van der Waals surface area (Å²) in [7, 11) is 0. The van der Waals surface area contributed by atoms with Crippen molar-refractivity contribution in [2.45, 2.75) is 33.6 Å². The van der Waals surface area contributed by atoms with Crippen LogP contribution in [0.1, 0.15) is 42.4 Å². The van der Waals surface area contributed by atoms with Crippen LogP contribution in [0.25, 0.3) is 11.3 Å². The molecule has 0 saturated heterocycles. The molecule has 1 aromatic carbocycles. The van der Waals surface area contributed by atoms with Gasteiger partial charge < -0.3 is 0 Å². The third-order valence-corrected chi connectivity index (χ3v) is 3.16.